The fraction of sp³-hybridized carbons (Fsp3) is 0.250. The van der Waals surface area contributed by atoms with Crippen molar-refractivity contribution in [3.05, 3.63) is 39.9 Å². The van der Waals surface area contributed by atoms with Gasteiger partial charge in [-0.25, -0.2) is 0 Å². The van der Waals surface area contributed by atoms with E-state index in [1.165, 1.54) is 12.1 Å². The Morgan fingerprint density at radius 2 is 1.73 bits per heavy atom. The minimum absolute atomic E-state index is 0.0740. The number of rotatable bonds is 4. The summed E-state index contributed by atoms with van der Waals surface area (Å²) in [6.07, 6.45) is 0.640. The molecule has 0 aliphatic heterocycles. The molecule has 0 atom stereocenters. The van der Waals surface area contributed by atoms with Crippen LogP contribution in [0.15, 0.2) is 24.3 Å². The van der Waals surface area contributed by atoms with Crippen LogP contribution in [0, 0.1) is 10.1 Å². The van der Waals surface area contributed by atoms with Crippen LogP contribution in [0.4, 0.5) is 5.69 Å². The Kier molecular flexibility index (Phi) is 4.40. The first-order chi connectivity index (χ1) is 6.88. The number of hydrogen-bond donors (Lipinski definition) is 0. The van der Waals surface area contributed by atoms with Crippen molar-refractivity contribution in [2.75, 3.05) is 0 Å². The van der Waals surface area contributed by atoms with Crippen LogP contribution in [-0.4, -0.2) is 10.9 Å². The zero-order valence-electron chi connectivity index (χ0n) is 7.62. The van der Waals surface area contributed by atoms with Crippen molar-refractivity contribution in [1.82, 2.24) is 0 Å². The number of nitrogens with zero attached hydrogens (tertiary/aromatic N) is 1. The van der Waals surface area contributed by atoms with E-state index in [1.807, 2.05) is 0 Å². The second kappa shape index (κ2) is 5.16. The topological polar surface area (TPSA) is 43.1 Å². The lowest BCUT2D eigenvalue weighted by Gasteiger charge is -2.06. The van der Waals surface area contributed by atoms with Crippen LogP contribution in [0.5, 0.6) is 0 Å². The molecule has 0 fully saturated rings. The Morgan fingerprint density at radius 3 is 2.13 bits per heavy atom. The van der Waals surface area contributed by atoms with Crippen molar-refractivity contribution >= 4 is 44.9 Å². The highest BCUT2D eigenvalue weighted by Crippen LogP contribution is 2.27. The third-order valence-electron chi connectivity index (χ3n) is 1.84. The first kappa shape index (κ1) is 12.8. The molecule has 0 N–H and O–H groups in total. The predicted molar refractivity (Wildman–Crippen MR) is 64.9 cm³/mol. The number of halogens is 3. The lowest BCUT2D eigenvalue weighted by Crippen LogP contribution is -2.09. The summed E-state index contributed by atoms with van der Waals surface area (Å²) in [4.78, 5) is 9.94. The van der Waals surface area contributed by atoms with Gasteiger partial charge in [0, 0.05) is 12.1 Å². The Labute approximate surface area is 102 Å². The van der Waals surface area contributed by atoms with Crippen molar-refractivity contribution in [1.29, 1.82) is 0 Å². The van der Waals surface area contributed by atoms with Gasteiger partial charge in [0.1, 0.15) is 0 Å². The molecule has 0 aliphatic rings. The summed E-state index contributed by atoms with van der Waals surface area (Å²) in [5, 5.41) is 10.4. The molecule has 1 rings (SSSR count). The van der Waals surface area contributed by atoms with E-state index in [4.69, 9.17) is 33.2 Å². The minimum Gasteiger partial charge on any atom is -0.258 e. The van der Waals surface area contributed by atoms with Crippen LogP contribution in [-0.2, 0) is 6.42 Å². The van der Waals surface area contributed by atoms with Crippen molar-refractivity contribution in [2.45, 2.75) is 12.5 Å². The molecule has 0 radical (unpaired) electrons. The highest BCUT2D eigenvalue weighted by Gasteiger charge is 2.24. The first-order valence-electron chi connectivity index (χ1n) is 4.18. The molecule has 0 aliphatic carbocycles. The molecule has 0 unspecified atom stereocenters. The molecule has 82 valence electrons. The second-order valence-electron chi connectivity index (χ2n) is 3.04. The molecule has 7 heteroatoms. The zero-order valence-corrected chi connectivity index (χ0v) is 10.9. The van der Waals surface area contributed by atoms with Crippen molar-refractivity contribution < 1.29 is 4.92 Å². The summed E-state index contributed by atoms with van der Waals surface area (Å²) < 4.78 is 0. The number of nitro groups is 1. The van der Waals surface area contributed by atoms with Gasteiger partial charge in [0.25, 0.3) is 5.69 Å². The molecule has 15 heavy (non-hydrogen) atoms. The first-order valence-corrected chi connectivity index (χ1v) is 9.43. The molecule has 1 aromatic carbocycles. The van der Waals surface area contributed by atoms with Crippen molar-refractivity contribution in [3.63, 3.8) is 0 Å². The maximum absolute atomic E-state index is 10.4. The Hall–Kier alpha value is -0.293. The number of non-ortho nitro benzene ring substituents is 1. The predicted octanol–water partition coefficient (Wildman–Crippen LogP) is 3.79. The van der Waals surface area contributed by atoms with Gasteiger partial charge in [-0.2, -0.15) is 0 Å². The van der Waals surface area contributed by atoms with Crippen LogP contribution >= 0.6 is 33.2 Å². The third kappa shape index (κ3) is 4.84. The van der Waals surface area contributed by atoms with Gasteiger partial charge in [0.05, 0.1) is 4.92 Å². The van der Waals surface area contributed by atoms with E-state index in [1.54, 1.807) is 12.1 Å². The molecule has 0 amide bonds. The Balaban J connectivity index is 2.61. The SMILES string of the molecule is O=[N+]([O-])c1ccc(CC[Si](Cl)(Cl)Cl)cc1. The Bertz CT molecular complexity index is 350. The second-order valence-corrected chi connectivity index (χ2v) is 12.3. The fourth-order valence-corrected chi connectivity index (χ4v) is 2.49. The van der Waals surface area contributed by atoms with Gasteiger partial charge in [-0.05, 0) is 18.0 Å². The van der Waals surface area contributed by atoms with Gasteiger partial charge in [-0.15, -0.1) is 33.2 Å². The number of hydrogen-bond acceptors (Lipinski definition) is 2. The normalized spacial score (nSPS) is 11.4. The molecule has 0 spiro atoms. The molecule has 0 heterocycles. The highest BCUT2D eigenvalue weighted by atomic mass is 35.8. The van der Waals surface area contributed by atoms with Crippen molar-refractivity contribution in [3.8, 4) is 0 Å². The standard InChI is InChI=1S/C8H8Cl3NO2Si/c9-15(10,11)6-5-7-1-3-8(4-2-7)12(13)14/h1-4H,5-6H2. The monoisotopic (exact) mass is 283 g/mol. The van der Waals surface area contributed by atoms with Crippen LogP contribution in [0.2, 0.25) is 6.04 Å². The summed E-state index contributed by atoms with van der Waals surface area (Å²) in [7, 11) is 0. The summed E-state index contributed by atoms with van der Waals surface area (Å²) in [6, 6.07) is 4.20. The van der Waals surface area contributed by atoms with E-state index in [2.05, 4.69) is 0 Å². The molecule has 0 saturated heterocycles. The van der Waals surface area contributed by atoms with Crippen LogP contribution in [0.3, 0.4) is 0 Å². The average Bonchev–Trinajstić information content (AvgIpc) is 2.14. The summed E-state index contributed by atoms with van der Waals surface area (Å²) >= 11 is 17.2. The summed E-state index contributed by atoms with van der Waals surface area (Å²) in [6.45, 7) is 0. The minimum atomic E-state index is -2.59. The number of aryl methyl sites for hydroxylation is 1. The third-order valence-corrected chi connectivity index (χ3v) is 4.36. The average molecular weight is 285 g/mol. The van der Waals surface area contributed by atoms with Gasteiger partial charge in [0.15, 0.2) is 0 Å². The van der Waals surface area contributed by atoms with Gasteiger partial charge < -0.3 is 0 Å². The summed E-state index contributed by atoms with van der Waals surface area (Å²) in [5.41, 5.74) is 1.02. The lowest BCUT2D eigenvalue weighted by atomic mass is 10.1. The van der Waals surface area contributed by atoms with Gasteiger partial charge >= 0.3 is 6.00 Å². The van der Waals surface area contributed by atoms with E-state index >= 15 is 0 Å². The molecular weight excluding hydrogens is 277 g/mol. The van der Waals surface area contributed by atoms with E-state index in [-0.39, 0.29) is 5.69 Å². The van der Waals surface area contributed by atoms with E-state index in [0.29, 0.717) is 12.5 Å². The maximum Gasteiger partial charge on any atom is 0.341 e. The largest absolute Gasteiger partial charge is 0.341 e. The zero-order chi connectivity index (χ0) is 11.5. The van der Waals surface area contributed by atoms with Crippen LogP contribution < -0.4 is 0 Å². The molecule has 0 saturated carbocycles. The molecule has 1 aromatic rings. The molecular formula is C8H8Cl3NO2Si. The maximum atomic E-state index is 10.4. The fourth-order valence-electron chi connectivity index (χ4n) is 1.07. The van der Waals surface area contributed by atoms with Crippen LogP contribution in [0.25, 0.3) is 0 Å². The molecule has 3 nitrogen and oxygen atoms in total. The van der Waals surface area contributed by atoms with Crippen LogP contribution in [0.1, 0.15) is 5.56 Å². The molecule has 0 aromatic heterocycles. The smallest absolute Gasteiger partial charge is 0.258 e. The van der Waals surface area contributed by atoms with Gasteiger partial charge in [0.2, 0.25) is 0 Å². The lowest BCUT2D eigenvalue weighted by molar-refractivity contribution is -0.384. The van der Waals surface area contributed by atoms with Gasteiger partial charge in [-0.1, -0.05) is 12.1 Å². The number of benzene rings is 1. The van der Waals surface area contributed by atoms with Crippen molar-refractivity contribution in [2.24, 2.45) is 0 Å². The summed E-state index contributed by atoms with van der Waals surface area (Å²) in [5.74, 6) is 0. The van der Waals surface area contributed by atoms with E-state index in [9.17, 15) is 10.1 Å². The van der Waals surface area contributed by atoms with E-state index in [0.717, 1.165) is 5.56 Å². The quantitative estimate of drug-likeness (QED) is 0.365. The van der Waals surface area contributed by atoms with Gasteiger partial charge in [-0.3, -0.25) is 10.1 Å². The molecule has 0 bridgehead atoms. The number of nitro benzene ring substituents is 1. The Morgan fingerprint density at radius 1 is 1.20 bits per heavy atom. The highest BCUT2D eigenvalue weighted by molar-refractivity contribution is 7.64. The van der Waals surface area contributed by atoms with E-state index < -0.39 is 10.9 Å².